The molecule has 0 spiro atoms. The Kier molecular flexibility index (Phi) is 19.2. The van der Waals surface area contributed by atoms with E-state index in [1.807, 2.05) is 122 Å². The molecule has 7 heteroatoms. The van der Waals surface area contributed by atoms with E-state index < -0.39 is 0 Å². The number of benzene rings is 2. The number of hydrogen-bond acceptors (Lipinski definition) is 5. The minimum Gasteiger partial charge on any atom is -0.333 e. The molecule has 0 unspecified atom stereocenters. The van der Waals surface area contributed by atoms with Crippen molar-refractivity contribution in [2.75, 3.05) is 7.05 Å². The van der Waals surface area contributed by atoms with Crippen LogP contribution in [0.1, 0.15) is 61.8 Å². The van der Waals surface area contributed by atoms with Gasteiger partial charge in [-0.15, -0.1) is 20.4 Å². The normalized spacial score (nSPS) is 11.6. The van der Waals surface area contributed by atoms with E-state index in [0.29, 0.717) is 6.42 Å². The molecule has 4 aromatic rings. The van der Waals surface area contributed by atoms with Crippen molar-refractivity contribution in [1.82, 2.24) is 30.0 Å². The number of nitrogens with zero attached hydrogens (tertiary/aromatic N) is 6. The third-order valence-electron chi connectivity index (χ3n) is 5.25. The first-order chi connectivity index (χ1) is 20.1. The molecule has 2 N–H and O–H groups in total. The average molecular weight is 556 g/mol. The minimum atomic E-state index is 0.677. The summed E-state index contributed by atoms with van der Waals surface area (Å²) in [5.74, 6) is 0. The molecule has 0 atom stereocenters. The van der Waals surface area contributed by atoms with E-state index in [9.17, 15) is 0 Å². The van der Waals surface area contributed by atoms with Crippen LogP contribution in [-0.4, -0.2) is 37.0 Å². The van der Waals surface area contributed by atoms with Crippen molar-refractivity contribution < 1.29 is 0 Å². The molecule has 2 heterocycles. The smallest absolute Gasteiger partial charge is 0.113 e. The van der Waals surface area contributed by atoms with E-state index in [-0.39, 0.29) is 0 Å². The highest BCUT2D eigenvalue weighted by Gasteiger charge is 2.08. The zero-order valence-electron chi connectivity index (χ0n) is 26.5. The summed E-state index contributed by atoms with van der Waals surface area (Å²) < 4.78 is 0. The summed E-state index contributed by atoms with van der Waals surface area (Å²) in [4.78, 5) is 3.28. The van der Waals surface area contributed by atoms with Crippen molar-refractivity contribution in [3.8, 4) is 0 Å². The first kappa shape index (κ1) is 36.6. The topological polar surface area (TPSA) is 87.4 Å². The van der Waals surface area contributed by atoms with Gasteiger partial charge in [0.1, 0.15) is 22.1 Å². The van der Waals surface area contributed by atoms with E-state index in [4.69, 9.17) is 0 Å². The third-order valence-corrected chi connectivity index (χ3v) is 5.25. The van der Waals surface area contributed by atoms with Crippen molar-refractivity contribution in [1.29, 1.82) is 0 Å². The molecule has 220 valence electrons. The first-order valence-corrected chi connectivity index (χ1v) is 14.4. The lowest BCUT2D eigenvalue weighted by Crippen LogP contribution is -2.01. The summed E-state index contributed by atoms with van der Waals surface area (Å²) in [5, 5.41) is 18.3. The molecule has 0 saturated carbocycles. The van der Waals surface area contributed by atoms with Gasteiger partial charge in [-0.1, -0.05) is 97.2 Å². The van der Waals surface area contributed by atoms with Gasteiger partial charge in [-0.05, 0) is 81.0 Å². The molecule has 41 heavy (non-hydrogen) atoms. The van der Waals surface area contributed by atoms with E-state index >= 15 is 0 Å². The second-order valence-corrected chi connectivity index (χ2v) is 7.41. The van der Waals surface area contributed by atoms with Gasteiger partial charge in [0.15, 0.2) is 0 Å². The van der Waals surface area contributed by atoms with Crippen LogP contribution in [0.2, 0.25) is 0 Å². The summed E-state index contributed by atoms with van der Waals surface area (Å²) in [7, 11) is 1.50. The Labute approximate surface area is 247 Å². The lowest BCUT2D eigenvalue weighted by molar-refractivity contribution is 0.788. The lowest BCUT2D eigenvalue weighted by atomic mass is 10.0. The fourth-order valence-electron chi connectivity index (χ4n) is 3.44. The maximum absolute atomic E-state index is 4.59. The molecule has 0 saturated heterocycles. The van der Waals surface area contributed by atoms with E-state index in [0.717, 1.165) is 44.6 Å². The SMILES string of the molecule is C=C/C(=C\C(=C/C)n1nc2ccccc2n1)CC(=C/C)/C=C(\C=C)n1nc2ccccc2n1.CC.CC.CC.CN. The average Bonchev–Trinajstić information content (AvgIpc) is 3.69. The molecule has 0 radical (unpaired) electrons. The Balaban J connectivity index is 0.00000184. The minimum absolute atomic E-state index is 0.677. The van der Waals surface area contributed by atoms with Crippen LogP contribution in [0, 0.1) is 0 Å². The fourth-order valence-corrected chi connectivity index (χ4v) is 3.44. The number of fused-ring (bicyclic) bond motifs is 2. The van der Waals surface area contributed by atoms with Crippen molar-refractivity contribution in [3.05, 3.63) is 109 Å². The van der Waals surface area contributed by atoms with Crippen LogP contribution < -0.4 is 5.73 Å². The Bertz CT molecular complexity index is 1380. The van der Waals surface area contributed by atoms with Crippen LogP contribution in [0.3, 0.4) is 0 Å². The maximum atomic E-state index is 4.59. The number of aromatic nitrogens is 6. The quantitative estimate of drug-likeness (QED) is 0.219. The van der Waals surface area contributed by atoms with Crippen LogP contribution in [0.4, 0.5) is 0 Å². The van der Waals surface area contributed by atoms with Crippen LogP contribution >= 0.6 is 0 Å². The standard InChI is InChI=1S/C27H26N6.3C2H6.CH5N/c1-5-20(18-22(7-3)32-28-24-13-9-10-14-25(24)29-32)17-21(6-2)19-23(8-4)33-30-26-15-11-12-16-27(26)31-33;4*1-2/h5-16,18-19H,1,4,17H2,2-3H3;3*1-2H3;2H2,1H3/b20-18+,21-6-,22-7+,23-19+;;;;. The van der Waals surface area contributed by atoms with E-state index in [1.165, 1.54) is 7.05 Å². The van der Waals surface area contributed by atoms with Crippen molar-refractivity contribution in [2.45, 2.75) is 61.8 Å². The van der Waals surface area contributed by atoms with Gasteiger partial charge in [0.25, 0.3) is 0 Å². The van der Waals surface area contributed by atoms with Crippen molar-refractivity contribution in [3.63, 3.8) is 0 Å². The predicted molar refractivity (Wildman–Crippen MR) is 180 cm³/mol. The number of allylic oxidation sites excluding steroid dienone is 10. The fraction of sp³-hybridized carbons (Fsp3) is 0.294. The molecule has 4 rings (SSSR count). The van der Waals surface area contributed by atoms with Gasteiger partial charge in [0.2, 0.25) is 0 Å². The maximum Gasteiger partial charge on any atom is 0.113 e. The summed E-state index contributed by atoms with van der Waals surface area (Å²) in [6.45, 7) is 24.0. The van der Waals surface area contributed by atoms with E-state index in [2.05, 4.69) is 51.4 Å². The number of hydrogen-bond donors (Lipinski definition) is 1. The molecule has 0 amide bonds. The van der Waals surface area contributed by atoms with Crippen LogP contribution in [0.15, 0.2) is 109 Å². The lowest BCUT2D eigenvalue weighted by Gasteiger charge is -2.08. The second-order valence-electron chi connectivity index (χ2n) is 7.41. The zero-order chi connectivity index (χ0) is 31.2. The summed E-state index contributed by atoms with van der Waals surface area (Å²) in [6, 6.07) is 15.6. The van der Waals surface area contributed by atoms with Gasteiger partial charge in [-0.3, -0.25) is 0 Å². The highest BCUT2D eigenvalue weighted by Crippen LogP contribution is 2.21. The molecular weight excluding hydrogens is 506 g/mol. The highest BCUT2D eigenvalue weighted by molar-refractivity contribution is 5.75. The molecule has 0 fully saturated rings. The van der Waals surface area contributed by atoms with Gasteiger partial charge in [0, 0.05) is 0 Å². The zero-order valence-corrected chi connectivity index (χ0v) is 26.5. The van der Waals surface area contributed by atoms with Crippen molar-refractivity contribution in [2.24, 2.45) is 5.73 Å². The Morgan fingerprint density at radius 3 is 1.32 bits per heavy atom. The molecule has 2 aromatic carbocycles. The molecule has 7 nitrogen and oxygen atoms in total. The monoisotopic (exact) mass is 555 g/mol. The molecule has 2 aromatic heterocycles. The van der Waals surface area contributed by atoms with Gasteiger partial charge in [-0.2, -0.15) is 9.59 Å². The van der Waals surface area contributed by atoms with Crippen molar-refractivity contribution >= 4 is 33.5 Å². The molecule has 0 aliphatic carbocycles. The predicted octanol–water partition coefficient (Wildman–Crippen LogP) is 8.87. The highest BCUT2D eigenvalue weighted by atomic mass is 15.5. The molecular formula is C34H49N7. The third kappa shape index (κ3) is 10.6. The first-order valence-electron chi connectivity index (χ1n) is 14.4. The summed E-state index contributed by atoms with van der Waals surface area (Å²) in [5.41, 5.74) is 11.7. The van der Waals surface area contributed by atoms with Gasteiger partial charge in [-0.25, -0.2) is 0 Å². The largest absolute Gasteiger partial charge is 0.333 e. The van der Waals surface area contributed by atoms with E-state index in [1.54, 1.807) is 15.7 Å². The number of rotatable bonds is 8. The number of nitrogens with two attached hydrogens (primary N) is 1. The van der Waals surface area contributed by atoms with Gasteiger partial charge in [0.05, 0.1) is 11.4 Å². The van der Waals surface area contributed by atoms with Crippen LogP contribution in [-0.2, 0) is 0 Å². The Morgan fingerprint density at radius 1 is 0.610 bits per heavy atom. The summed E-state index contributed by atoms with van der Waals surface area (Å²) >= 11 is 0. The van der Waals surface area contributed by atoms with Gasteiger partial charge >= 0.3 is 0 Å². The Morgan fingerprint density at radius 2 is 1.00 bits per heavy atom. The molecule has 0 aliphatic heterocycles. The Hall–Kier alpha value is -4.36. The molecule has 0 bridgehead atoms. The van der Waals surface area contributed by atoms with Crippen LogP contribution in [0.5, 0.6) is 0 Å². The molecule has 0 aliphatic rings. The van der Waals surface area contributed by atoms with Gasteiger partial charge < -0.3 is 5.73 Å². The summed E-state index contributed by atoms with van der Waals surface area (Å²) in [6.07, 6.45) is 12.4. The van der Waals surface area contributed by atoms with Crippen LogP contribution in [0.25, 0.3) is 33.5 Å². The second kappa shape index (κ2) is 21.5.